The van der Waals surface area contributed by atoms with Crippen molar-refractivity contribution in [2.45, 2.75) is 12.4 Å². The first-order chi connectivity index (χ1) is 9.98. The minimum atomic E-state index is -4.99. The molecule has 0 radical (unpaired) electrons. The normalized spacial score (nSPS) is 12.5. The van der Waals surface area contributed by atoms with E-state index in [0.29, 0.717) is 16.8 Å². The van der Waals surface area contributed by atoms with Crippen molar-refractivity contribution in [1.82, 2.24) is 9.78 Å². The van der Waals surface area contributed by atoms with E-state index in [-0.39, 0.29) is 11.6 Å². The van der Waals surface area contributed by atoms with Crippen LogP contribution in [0.4, 0.5) is 26.3 Å². The van der Waals surface area contributed by atoms with E-state index in [2.05, 4.69) is 5.10 Å². The summed E-state index contributed by atoms with van der Waals surface area (Å²) in [6.07, 6.45) is -8.34. The molecular weight excluding hydrogens is 318 g/mol. The number of carboxylic acids is 1. The SMILES string of the molecule is O=C(O)c1cnn(-c2cc(C(F)(F)F)cc(C(F)(F)F)c2)c1. The van der Waals surface area contributed by atoms with Crippen LogP contribution in [-0.4, -0.2) is 20.9 Å². The van der Waals surface area contributed by atoms with Crippen LogP contribution >= 0.6 is 0 Å². The maximum atomic E-state index is 12.7. The van der Waals surface area contributed by atoms with Crippen LogP contribution in [-0.2, 0) is 12.4 Å². The lowest BCUT2D eigenvalue weighted by Gasteiger charge is -2.14. The van der Waals surface area contributed by atoms with Crippen molar-refractivity contribution in [2.75, 3.05) is 0 Å². The van der Waals surface area contributed by atoms with E-state index < -0.39 is 35.1 Å². The van der Waals surface area contributed by atoms with E-state index in [4.69, 9.17) is 5.11 Å². The predicted octanol–water partition coefficient (Wildman–Crippen LogP) is 3.61. The van der Waals surface area contributed by atoms with E-state index in [1.54, 1.807) is 0 Å². The quantitative estimate of drug-likeness (QED) is 0.859. The van der Waals surface area contributed by atoms with E-state index in [0.717, 1.165) is 12.4 Å². The molecule has 118 valence electrons. The van der Waals surface area contributed by atoms with Gasteiger partial charge in [0.15, 0.2) is 0 Å². The molecule has 2 rings (SSSR count). The van der Waals surface area contributed by atoms with Crippen molar-refractivity contribution in [3.63, 3.8) is 0 Å². The van der Waals surface area contributed by atoms with Crippen molar-refractivity contribution in [1.29, 1.82) is 0 Å². The van der Waals surface area contributed by atoms with Gasteiger partial charge in [0, 0.05) is 6.20 Å². The lowest BCUT2D eigenvalue weighted by atomic mass is 10.1. The third kappa shape index (κ3) is 3.21. The number of alkyl halides is 6. The molecule has 0 aliphatic rings. The fourth-order valence-corrected chi connectivity index (χ4v) is 1.65. The van der Waals surface area contributed by atoms with Crippen LogP contribution in [0.25, 0.3) is 5.69 Å². The number of aromatic carboxylic acids is 1. The summed E-state index contributed by atoms with van der Waals surface area (Å²) in [6, 6.07) is 0.882. The molecule has 0 aliphatic heterocycles. The molecule has 10 heteroatoms. The monoisotopic (exact) mass is 324 g/mol. The van der Waals surface area contributed by atoms with Crippen molar-refractivity contribution in [3.05, 3.63) is 47.3 Å². The van der Waals surface area contributed by atoms with Crippen LogP contribution in [0.3, 0.4) is 0 Å². The average molecular weight is 324 g/mol. The Morgan fingerprint density at radius 1 is 1.00 bits per heavy atom. The number of carboxylic acid groups (broad SMARTS) is 1. The van der Waals surface area contributed by atoms with Crippen LogP contribution in [0.1, 0.15) is 21.5 Å². The number of halogens is 6. The summed E-state index contributed by atoms with van der Waals surface area (Å²) in [5.41, 5.74) is -3.94. The van der Waals surface area contributed by atoms with Gasteiger partial charge in [0.05, 0.1) is 28.6 Å². The van der Waals surface area contributed by atoms with E-state index in [1.165, 1.54) is 0 Å². The molecule has 1 heterocycles. The molecule has 2 aromatic rings. The van der Waals surface area contributed by atoms with Gasteiger partial charge in [-0.3, -0.25) is 0 Å². The van der Waals surface area contributed by atoms with Crippen LogP contribution in [0.15, 0.2) is 30.6 Å². The topological polar surface area (TPSA) is 55.1 Å². The summed E-state index contributed by atoms with van der Waals surface area (Å²) >= 11 is 0. The molecule has 22 heavy (non-hydrogen) atoms. The first kappa shape index (κ1) is 15.9. The lowest BCUT2D eigenvalue weighted by Crippen LogP contribution is -2.12. The van der Waals surface area contributed by atoms with Gasteiger partial charge in [-0.15, -0.1) is 0 Å². The number of carbonyl (C=O) groups is 1. The number of nitrogens with zero attached hydrogens (tertiary/aromatic N) is 2. The van der Waals surface area contributed by atoms with Gasteiger partial charge in [0.2, 0.25) is 0 Å². The Bertz CT molecular complexity index is 685. The standard InChI is InChI=1S/C12H6F6N2O2/c13-11(14,15)7-1-8(12(16,17)18)3-9(2-7)20-5-6(4-19-20)10(21)22/h1-5H,(H,21,22). The molecular formula is C12H6F6N2O2. The maximum Gasteiger partial charge on any atom is 0.416 e. The summed E-state index contributed by atoms with van der Waals surface area (Å²) in [7, 11) is 0. The summed E-state index contributed by atoms with van der Waals surface area (Å²) in [5, 5.41) is 12.2. The van der Waals surface area contributed by atoms with Gasteiger partial charge in [0.25, 0.3) is 0 Å². The Labute approximate surface area is 118 Å². The Kier molecular flexibility index (Phi) is 3.63. The second kappa shape index (κ2) is 5.04. The van der Waals surface area contributed by atoms with E-state index in [1.807, 2.05) is 0 Å². The molecule has 0 fully saturated rings. The minimum absolute atomic E-state index is 0.0227. The Morgan fingerprint density at radius 2 is 1.50 bits per heavy atom. The number of hydrogen-bond donors (Lipinski definition) is 1. The Hall–Kier alpha value is -2.52. The van der Waals surface area contributed by atoms with Crippen LogP contribution in [0.2, 0.25) is 0 Å². The zero-order chi connectivity index (χ0) is 16.7. The molecule has 1 aromatic heterocycles. The van der Waals surface area contributed by atoms with E-state index in [9.17, 15) is 31.1 Å². The first-order valence-corrected chi connectivity index (χ1v) is 5.56. The van der Waals surface area contributed by atoms with Crippen molar-refractivity contribution >= 4 is 5.97 Å². The fraction of sp³-hybridized carbons (Fsp3) is 0.167. The third-order valence-corrected chi connectivity index (χ3v) is 2.67. The van der Waals surface area contributed by atoms with E-state index >= 15 is 0 Å². The molecule has 0 spiro atoms. The molecule has 0 saturated heterocycles. The van der Waals surface area contributed by atoms with Gasteiger partial charge in [0.1, 0.15) is 0 Å². The van der Waals surface area contributed by atoms with Gasteiger partial charge < -0.3 is 5.11 Å². The van der Waals surface area contributed by atoms with Crippen LogP contribution < -0.4 is 0 Å². The van der Waals surface area contributed by atoms with Crippen LogP contribution in [0.5, 0.6) is 0 Å². The molecule has 0 aliphatic carbocycles. The second-order valence-corrected chi connectivity index (χ2v) is 4.24. The molecule has 0 bridgehead atoms. The van der Waals surface area contributed by atoms with Gasteiger partial charge in [-0.25, -0.2) is 9.48 Å². The highest BCUT2D eigenvalue weighted by molar-refractivity contribution is 5.86. The van der Waals surface area contributed by atoms with Crippen molar-refractivity contribution < 1.29 is 36.2 Å². The molecule has 0 saturated carbocycles. The molecule has 0 unspecified atom stereocenters. The average Bonchev–Trinajstić information content (AvgIpc) is 2.85. The number of rotatable bonds is 2. The smallest absolute Gasteiger partial charge is 0.416 e. The number of hydrogen-bond acceptors (Lipinski definition) is 2. The predicted molar refractivity (Wildman–Crippen MR) is 60.5 cm³/mol. The lowest BCUT2D eigenvalue weighted by molar-refractivity contribution is -0.143. The molecule has 1 aromatic carbocycles. The summed E-state index contributed by atoms with van der Waals surface area (Å²) < 4.78 is 76.8. The highest BCUT2D eigenvalue weighted by Crippen LogP contribution is 2.37. The number of aromatic nitrogens is 2. The van der Waals surface area contributed by atoms with Gasteiger partial charge in [-0.2, -0.15) is 31.4 Å². The molecule has 0 amide bonds. The molecule has 1 N–H and O–H groups in total. The zero-order valence-electron chi connectivity index (χ0n) is 10.4. The van der Waals surface area contributed by atoms with Crippen LogP contribution in [0, 0.1) is 0 Å². The first-order valence-electron chi connectivity index (χ1n) is 5.56. The number of benzene rings is 1. The van der Waals surface area contributed by atoms with Gasteiger partial charge in [-0.05, 0) is 18.2 Å². The Balaban J connectivity index is 2.61. The summed E-state index contributed by atoms with van der Waals surface area (Å²) in [6.45, 7) is 0. The molecule has 0 atom stereocenters. The second-order valence-electron chi connectivity index (χ2n) is 4.24. The highest BCUT2D eigenvalue weighted by Gasteiger charge is 2.37. The minimum Gasteiger partial charge on any atom is -0.478 e. The van der Waals surface area contributed by atoms with Gasteiger partial charge >= 0.3 is 18.3 Å². The molecule has 4 nitrogen and oxygen atoms in total. The summed E-state index contributed by atoms with van der Waals surface area (Å²) in [4.78, 5) is 10.7. The zero-order valence-corrected chi connectivity index (χ0v) is 10.4. The fourth-order valence-electron chi connectivity index (χ4n) is 1.65. The maximum absolute atomic E-state index is 12.7. The largest absolute Gasteiger partial charge is 0.478 e. The Morgan fingerprint density at radius 3 is 1.86 bits per heavy atom. The third-order valence-electron chi connectivity index (χ3n) is 2.67. The summed E-state index contributed by atoms with van der Waals surface area (Å²) in [5.74, 6) is -1.41. The van der Waals surface area contributed by atoms with Crippen molar-refractivity contribution in [2.24, 2.45) is 0 Å². The van der Waals surface area contributed by atoms with Crippen molar-refractivity contribution in [3.8, 4) is 5.69 Å². The van der Waals surface area contributed by atoms with Gasteiger partial charge in [-0.1, -0.05) is 0 Å². The highest BCUT2D eigenvalue weighted by atomic mass is 19.4.